The lowest BCUT2D eigenvalue weighted by molar-refractivity contribution is -0.116. The van der Waals surface area contributed by atoms with Crippen LogP contribution in [0.15, 0.2) is 67.3 Å². The van der Waals surface area contributed by atoms with Crippen LogP contribution in [0, 0.1) is 0 Å². The van der Waals surface area contributed by atoms with Gasteiger partial charge >= 0.3 is 0 Å². The molecule has 6 nitrogen and oxygen atoms in total. The second kappa shape index (κ2) is 8.92. The highest BCUT2D eigenvalue weighted by Crippen LogP contribution is 2.11. The predicted molar refractivity (Wildman–Crippen MR) is 102 cm³/mol. The quantitative estimate of drug-likeness (QED) is 0.679. The maximum absolute atomic E-state index is 12.2. The van der Waals surface area contributed by atoms with Gasteiger partial charge < -0.3 is 10.2 Å². The molecule has 1 aromatic heterocycles. The number of nitrogens with one attached hydrogen (secondary N) is 1. The van der Waals surface area contributed by atoms with Crippen LogP contribution in [-0.2, 0) is 17.9 Å². The maximum Gasteiger partial charge on any atom is 0.225 e. The molecule has 0 bridgehead atoms. The van der Waals surface area contributed by atoms with Crippen LogP contribution in [0.3, 0.4) is 0 Å². The maximum atomic E-state index is 12.2. The first-order chi connectivity index (χ1) is 12.7. The molecule has 0 radical (unpaired) electrons. The standard InChI is InChI=1S/C20H23N5O/c1-24(13-17-5-3-2-4-6-17)12-11-20(26)23-19-9-7-18(8-10-19)14-25-16-21-15-22-25/h2-10,15-16H,11-14H2,1H3,(H,23,26). The average Bonchev–Trinajstić information content (AvgIpc) is 3.16. The minimum Gasteiger partial charge on any atom is -0.326 e. The molecule has 1 amide bonds. The smallest absolute Gasteiger partial charge is 0.225 e. The van der Waals surface area contributed by atoms with Gasteiger partial charge in [0.15, 0.2) is 0 Å². The summed E-state index contributed by atoms with van der Waals surface area (Å²) in [6.45, 7) is 2.22. The zero-order valence-corrected chi connectivity index (χ0v) is 14.9. The third-order valence-electron chi connectivity index (χ3n) is 4.06. The van der Waals surface area contributed by atoms with Crippen molar-refractivity contribution in [2.24, 2.45) is 0 Å². The topological polar surface area (TPSA) is 63.1 Å². The largest absolute Gasteiger partial charge is 0.326 e. The van der Waals surface area contributed by atoms with E-state index in [1.165, 1.54) is 11.9 Å². The van der Waals surface area contributed by atoms with E-state index in [1.807, 2.05) is 49.5 Å². The summed E-state index contributed by atoms with van der Waals surface area (Å²) in [4.78, 5) is 18.2. The van der Waals surface area contributed by atoms with Crippen molar-refractivity contribution in [3.8, 4) is 0 Å². The lowest BCUT2D eigenvalue weighted by Gasteiger charge is -2.16. The minimum atomic E-state index is 0.0222. The number of carbonyl (C=O) groups excluding carboxylic acids is 1. The Balaban J connectivity index is 1.42. The number of hydrogen-bond donors (Lipinski definition) is 1. The molecule has 0 spiro atoms. The van der Waals surface area contributed by atoms with Crippen LogP contribution in [0.1, 0.15) is 17.5 Å². The van der Waals surface area contributed by atoms with E-state index in [0.717, 1.165) is 17.8 Å². The number of benzene rings is 2. The van der Waals surface area contributed by atoms with Crippen LogP contribution in [0.2, 0.25) is 0 Å². The van der Waals surface area contributed by atoms with Gasteiger partial charge in [-0.15, -0.1) is 0 Å². The van der Waals surface area contributed by atoms with Crippen LogP contribution in [0.25, 0.3) is 0 Å². The summed E-state index contributed by atoms with van der Waals surface area (Å²) in [5, 5.41) is 7.03. The minimum absolute atomic E-state index is 0.0222. The van der Waals surface area contributed by atoms with Crippen molar-refractivity contribution < 1.29 is 4.79 Å². The third-order valence-corrected chi connectivity index (χ3v) is 4.06. The molecule has 2 aromatic carbocycles. The molecule has 0 unspecified atom stereocenters. The van der Waals surface area contributed by atoms with Gasteiger partial charge in [-0.25, -0.2) is 9.67 Å². The van der Waals surface area contributed by atoms with Gasteiger partial charge in [-0.3, -0.25) is 4.79 Å². The molecule has 26 heavy (non-hydrogen) atoms. The van der Waals surface area contributed by atoms with Gasteiger partial charge in [-0.05, 0) is 30.3 Å². The Morgan fingerprint density at radius 3 is 2.54 bits per heavy atom. The normalized spacial score (nSPS) is 10.8. The molecular formula is C20H23N5O. The number of carbonyl (C=O) groups is 1. The molecule has 3 rings (SSSR count). The zero-order valence-electron chi connectivity index (χ0n) is 14.9. The van der Waals surface area contributed by atoms with Gasteiger partial charge in [0.25, 0.3) is 0 Å². The van der Waals surface area contributed by atoms with Crippen molar-refractivity contribution in [2.75, 3.05) is 18.9 Å². The molecule has 134 valence electrons. The van der Waals surface area contributed by atoms with E-state index in [-0.39, 0.29) is 5.91 Å². The van der Waals surface area contributed by atoms with Crippen molar-refractivity contribution in [1.29, 1.82) is 0 Å². The first kappa shape index (κ1) is 17.8. The molecular weight excluding hydrogens is 326 g/mol. The predicted octanol–water partition coefficient (Wildman–Crippen LogP) is 2.79. The SMILES string of the molecule is CN(CCC(=O)Nc1ccc(Cn2cncn2)cc1)Cc1ccccc1. The monoisotopic (exact) mass is 349 g/mol. The molecule has 0 atom stereocenters. The second-order valence-electron chi connectivity index (χ2n) is 6.31. The van der Waals surface area contributed by atoms with Crippen LogP contribution in [-0.4, -0.2) is 39.2 Å². The zero-order chi connectivity index (χ0) is 18.2. The molecule has 0 saturated heterocycles. The highest BCUT2D eigenvalue weighted by molar-refractivity contribution is 5.90. The fourth-order valence-electron chi connectivity index (χ4n) is 2.68. The van der Waals surface area contributed by atoms with Crippen molar-refractivity contribution in [3.05, 3.63) is 78.4 Å². The summed E-state index contributed by atoms with van der Waals surface area (Å²) in [7, 11) is 2.03. The highest BCUT2D eigenvalue weighted by atomic mass is 16.1. The Bertz CT molecular complexity index is 800. The van der Waals surface area contributed by atoms with Crippen molar-refractivity contribution in [2.45, 2.75) is 19.5 Å². The first-order valence-electron chi connectivity index (χ1n) is 8.63. The number of nitrogens with zero attached hydrogens (tertiary/aromatic N) is 4. The van der Waals surface area contributed by atoms with Gasteiger partial charge in [0.2, 0.25) is 5.91 Å². The van der Waals surface area contributed by atoms with Crippen LogP contribution in [0.5, 0.6) is 0 Å². The summed E-state index contributed by atoms with van der Waals surface area (Å²) in [6, 6.07) is 18.1. The van der Waals surface area contributed by atoms with Gasteiger partial charge in [0, 0.05) is 25.2 Å². The van der Waals surface area contributed by atoms with Crippen LogP contribution >= 0.6 is 0 Å². The Morgan fingerprint density at radius 2 is 1.85 bits per heavy atom. The molecule has 1 N–H and O–H groups in total. The van der Waals surface area contributed by atoms with Crippen LogP contribution < -0.4 is 5.32 Å². The van der Waals surface area contributed by atoms with Crippen molar-refractivity contribution >= 4 is 11.6 Å². The number of amides is 1. The number of rotatable bonds is 8. The van der Waals surface area contributed by atoms with E-state index in [0.29, 0.717) is 19.5 Å². The molecule has 0 saturated carbocycles. The number of aromatic nitrogens is 3. The fraction of sp³-hybridized carbons (Fsp3) is 0.250. The average molecular weight is 349 g/mol. The molecule has 0 aliphatic carbocycles. The second-order valence-corrected chi connectivity index (χ2v) is 6.31. The summed E-state index contributed by atoms with van der Waals surface area (Å²) < 4.78 is 1.76. The Kier molecular flexibility index (Phi) is 6.11. The van der Waals surface area contributed by atoms with Crippen molar-refractivity contribution in [3.63, 3.8) is 0 Å². The summed E-state index contributed by atoms with van der Waals surface area (Å²) in [5.74, 6) is 0.0222. The van der Waals surface area contributed by atoms with E-state index in [9.17, 15) is 4.79 Å². The first-order valence-corrected chi connectivity index (χ1v) is 8.63. The molecule has 0 aliphatic heterocycles. The Labute approximate surface area is 153 Å². The molecule has 3 aromatic rings. The third kappa shape index (κ3) is 5.53. The van der Waals surface area contributed by atoms with E-state index in [4.69, 9.17) is 0 Å². The van der Waals surface area contributed by atoms with Gasteiger partial charge in [-0.1, -0.05) is 42.5 Å². The van der Waals surface area contributed by atoms with E-state index >= 15 is 0 Å². The molecule has 0 fully saturated rings. The van der Waals surface area contributed by atoms with E-state index in [1.54, 1.807) is 11.0 Å². The number of hydrogen-bond acceptors (Lipinski definition) is 4. The number of anilines is 1. The molecule has 1 heterocycles. The van der Waals surface area contributed by atoms with E-state index < -0.39 is 0 Å². The Morgan fingerprint density at radius 1 is 1.08 bits per heavy atom. The van der Waals surface area contributed by atoms with Crippen molar-refractivity contribution in [1.82, 2.24) is 19.7 Å². The van der Waals surface area contributed by atoms with Gasteiger partial charge in [0.1, 0.15) is 12.7 Å². The summed E-state index contributed by atoms with van der Waals surface area (Å²) in [6.07, 6.45) is 3.66. The fourth-order valence-corrected chi connectivity index (χ4v) is 2.68. The lowest BCUT2D eigenvalue weighted by atomic mass is 10.2. The van der Waals surface area contributed by atoms with E-state index in [2.05, 4.69) is 32.4 Å². The summed E-state index contributed by atoms with van der Waals surface area (Å²) in [5.41, 5.74) is 3.16. The highest BCUT2D eigenvalue weighted by Gasteiger charge is 2.06. The lowest BCUT2D eigenvalue weighted by Crippen LogP contribution is -2.24. The molecule has 6 heteroatoms. The molecule has 0 aliphatic rings. The Hall–Kier alpha value is -2.99. The summed E-state index contributed by atoms with van der Waals surface area (Å²) >= 11 is 0. The van der Waals surface area contributed by atoms with Gasteiger partial charge in [0.05, 0.1) is 6.54 Å². The van der Waals surface area contributed by atoms with Gasteiger partial charge in [-0.2, -0.15) is 5.10 Å². The van der Waals surface area contributed by atoms with Crippen LogP contribution in [0.4, 0.5) is 5.69 Å².